The molecule has 1 fully saturated rings. The minimum atomic E-state index is -0.609. The van der Waals surface area contributed by atoms with Crippen molar-refractivity contribution in [1.82, 2.24) is 5.32 Å². The summed E-state index contributed by atoms with van der Waals surface area (Å²) < 4.78 is 14.5. The molecule has 1 atom stereocenters. The number of aliphatic imine (C=N–C) groups is 1. The van der Waals surface area contributed by atoms with Gasteiger partial charge in [-0.15, -0.1) is 0 Å². The van der Waals surface area contributed by atoms with Gasteiger partial charge in [0.2, 0.25) is 0 Å². The highest BCUT2D eigenvalue weighted by atomic mass is 19.1. The Bertz CT molecular complexity index is 857. The summed E-state index contributed by atoms with van der Waals surface area (Å²) >= 11 is 0. The third-order valence-corrected chi connectivity index (χ3v) is 4.99. The lowest BCUT2D eigenvalue weighted by atomic mass is 9.76. The van der Waals surface area contributed by atoms with Crippen molar-refractivity contribution in [3.8, 4) is 0 Å². The second-order valence-corrected chi connectivity index (χ2v) is 6.94. The molecule has 0 saturated carbocycles. The Kier molecular flexibility index (Phi) is 5.04. The van der Waals surface area contributed by atoms with Crippen molar-refractivity contribution >= 4 is 23.5 Å². The molecule has 1 heterocycles. The van der Waals surface area contributed by atoms with Crippen LogP contribution in [0.2, 0.25) is 0 Å². The predicted molar refractivity (Wildman–Crippen MR) is 102 cm³/mol. The first kappa shape index (κ1) is 18.1. The quantitative estimate of drug-likeness (QED) is 0.582. The van der Waals surface area contributed by atoms with Crippen LogP contribution in [0.5, 0.6) is 0 Å². The molecule has 0 spiro atoms. The molecule has 1 saturated heterocycles. The van der Waals surface area contributed by atoms with E-state index in [2.05, 4.69) is 17.2 Å². The van der Waals surface area contributed by atoms with Gasteiger partial charge >= 0.3 is 0 Å². The number of benzene rings is 2. The first-order chi connectivity index (χ1) is 12.4. The summed E-state index contributed by atoms with van der Waals surface area (Å²) in [6.45, 7) is 3.99. The molecule has 3 rings (SSSR count). The van der Waals surface area contributed by atoms with Crippen LogP contribution in [0, 0.1) is 5.82 Å². The van der Waals surface area contributed by atoms with Gasteiger partial charge < -0.3 is 16.8 Å². The van der Waals surface area contributed by atoms with Gasteiger partial charge in [-0.3, -0.25) is 9.79 Å². The van der Waals surface area contributed by atoms with E-state index in [0.29, 0.717) is 5.56 Å². The number of rotatable bonds is 4. The Morgan fingerprint density at radius 2 is 2.15 bits per heavy atom. The van der Waals surface area contributed by atoms with Gasteiger partial charge in [-0.2, -0.15) is 0 Å². The van der Waals surface area contributed by atoms with E-state index in [1.165, 1.54) is 6.21 Å². The standard InChI is InChI=1S/C20H23FN4O/c1-20(8-3-9-24-12-20)14-6-7-17(16(21)10-14)25-11-13-4-2-5-15(18(13)22)19(23)26/h2,4-7,10-11,24H,3,8-9,12,22H2,1H3,(H2,23,26). The number of nitrogens with zero attached hydrogens (tertiary/aromatic N) is 1. The summed E-state index contributed by atoms with van der Waals surface area (Å²) in [6, 6.07) is 10.1. The smallest absolute Gasteiger partial charge is 0.250 e. The molecule has 5 nitrogen and oxygen atoms in total. The average Bonchev–Trinajstić information content (AvgIpc) is 2.62. The fraction of sp³-hybridized carbons (Fsp3) is 0.300. The van der Waals surface area contributed by atoms with Gasteiger partial charge in [-0.25, -0.2) is 4.39 Å². The second-order valence-electron chi connectivity index (χ2n) is 6.94. The van der Waals surface area contributed by atoms with Crippen LogP contribution < -0.4 is 16.8 Å². The van der Waals surface area contributed by atoms with Crippen LogP contribution in [0.4, 0.5) is 15.8 Å². The van der Waals surface area contributed by atoms with Gasteiger partial charge in [0.25, 0.3) is 5.91 Å². The monoisotopic (exact) mass is 354 g/mol. The van der Waals surface area contributed by atoms with E-state index >= 15 is 0 Å². The van der Waals surface area contributed by atoms with Gasteiger partial charge in [-0.1, -0.05) is 25.1 Å². The molecular formula is C20H23FN4O. The van der Waals surface area contributed by atoms with Gasteiger partial charge in [0, 0.05) is 23.7 Å². The van der Waals surface area contributed by atoms with Crippen molar-refractivity contribution in [2.24, 2.45) is 10.7 Å². The van der Waals surface area contributed by atoms with Crippen LogP contribution in [0.3, 0.4) is 0 Å². The van der Waals surface area contributed by atoms with Crippen molar-refractivity contribution in [1.29, 1.82) is 0 Å². The molecule has 1 unspecified atom stereocenters. The molecule has 0 aliphatic carbocycles. The first-order valence-electron chi connectivity index (χ1n) is 8.64. The summed E-state index contributed by atoms with van der Waals surface area (Å²) in [5, 5.41) is 3.37. The lowest BCUT2D eigenvalue weighted by Gasteiger charge is -2.34. The van der Waals surface area contributed by atoms with E-state index in [1.807, 2.05) is 6.07 Å². The fourth-order valence-electron chi connectivity index (χ4n) is 3.34. The molecule has 0 radical (unpaired) electrons. The Balaban J connectivity index is 1.86. The number of anilines is 1. The highest BCUT2D eigenvalue weighted by molar-refractivity contribution is 6.02. The summed E-state index contributed by atoms with van der Waals surface area (Å²) in [5.41, 5.74) is 13.3. The fourth-order valence-corrected chi connectivity index (χ4v) is 3.34. The van der Waals surface area contributed by atoms with E-state index < -0.39 is 5.91 Å². The lowest BCUT2D eigenvalue weighted by Crippen LogP contribution is -2.41. The molecule has 1 aliphatic rings. The maximum absolute atomic E-state index is 14.5. The zero-order valence-corrected chi connectivity index (χ0v) is 14.8. The van der Waals surface area contributed by atoms with Gasteiger partial charge in [0.1, 0.15) is 5.82 Å². The second kappa shape index (κ2) is 7.25. The lowest BCUT2D eigenvalue weighted by molar-refractivity contribution is 0.100. The summed E-state index contributed by atoms with van der Waals surface area (Å²) in [7, 11) is 0. The maximum atomic E-state index is 14.5. The number of nitrogen functional groups attached to an aromatic ring is 1. The number of para-hydroxylation sites is 1. The highest BCUT2D eigenvalue weighted by Gasteiger charge is 2.29. The maximum Gasteiger partial charge on any atom is 0.250 e. The van der Waals surface area contributed by atoms with Crippen LogP contribution >= 0.6 is 0 Å². The van der Waals surface area contributed by atoms with Crippen molar-refractivity contribution in [3.63, 3.8) is 0 Å². The minimum Gasteiger partial charge on any atom is -0.398 e. The summed E-state index contributed by atoms with van der Waals surface area (Å²) in [6.07, 6.45) is 3.55. The SMILES string of the molecule is CC1(c2ccc(N=Cc3cccc(C(N)=O)c3N)c(F)c2)CCCNC1. The number of nitrogens with one attached hydrogen (secondary N) is 1. The number of hydrogen-bond acceptors (Lipinski definition) is 4. The molecule has 26 heavy (non-hydrogen) atoms. The molecule has 2 aromatic carbocycles. The molecule has 1 aliphatic heterocycles. The average molecular weight is 354 g/mol. The number of nitrogens with two attached hydrogens (primary N) is 2. The number of carbonyl (C=O) groups is 1. The minimum absolute atomic E-state index is 0.0679. The van der Waals surface area contributed by atoms with Crippen molar-refractivity contribution < 1.29 is 9.18 Å². The number of carbonyl (C=O) groups excluding carboxylic acids is 1. The highest BCUT2D eigenvalue weighted by Crippen LogP contribution is 2.33. The largest absolute Gasteiger partial charge is 0.398 e. The summed E-state index contributed by atoms with van der Waals surface area (Å²) in [5.74, 6) is -0.988. The molecule has 1 amide bonds. The molecule has 136 valence electrons. The van der Waals surface area contributed by atoms with Gasteiger partial charge in [0.05, 0.1) is 16.9 Å². The Morgan fingerprint density at radius 1 is 1.35 bits per heavy atom. The van der Waals surface area contributed by atoms with Gasteiger partial charge in [0.15, 0.2) is 0 Å². The first-order valence-corrected chi connectivity index (χ1v) is 8.64. The number of hydrogen-bond donors (Lipinski definition) is 3. The Labute approximate surface area is 152 Å². The van der Waals surface area contributed by atoms with E-state index in [4.69, 9.17) is 11.5 Å². The van der Waals surface area contributed by atoms with Gasteiger partial charge in [-0.05, 0) is 43.1 Å². The van der Waals surface area contributed by atoms with E-state index in [9.17, 15) is 9.18 Å². The van der Waals surface area contributed by atoms with Crippen LogP contribution in [-0.4, -0.2) is 25.2 Å². The predicted octanol–water partition coefficient (Wildman–Crippen LogP) is 2.90. The third-order valence-electron chi connectivity index (χ3n) is 4.99. The number of amides is 1. The number of primary amides is 1. The van der Waals surface area contributed by atoms with E-state index in [-0.39, 0.29) is 28.2 Å². The number of halogens is 1. The molecule has 5 N–H and O–H groups in total. The van der Waals surface area contributed by atoms with Crippen molar-refractivity contribution in [2.75, 3.05) is 18.8 Å². The van der Waals surface area contributed by atoms with E-state index in [1.54, 1.807) is 30.3 Å². The summed E-state index contributed by atoms with van der Waals surface area (Å²) in [4.78, 5) is 15.6. The molecule has 0 bridgehead atoms. The van der Waals surface area contributed by atoms with Crippen LogP contribution in [0.25, 0.3) is 0 Å². The molecular weight excluding hydrogens is 331 g/mol. The van der Waals surface area contributed by atoms with Crippen molar-refractivity contribution in [2.45, 2.75) is 25.2 Å². The van der Waals surface area contributed by atoms with Crippen LogP contribution in [-0.2, 0) is 5.41 Å². The third kappa shape index (κ3) is 3.60. The zero-order valence-electron chi connectivity index (χ0n) is 14.8. The normalized spacial score (nSPS) is 20.4. The van der Waals surface area contributed by atoms with Crippen LogP contribution in [0.1, 0.15) is 41.3 Å². The number of piperidine rings is 1. The topological polar surface area (TPSA) is 93.5 Å². The van der Waals surface area contributed by atoms with Crippen LogP contribution in [0.15, 0.2) is 41.4 Å². The molecule has 0 aromatic heterocycles. The molecule has 6 heteroatoms. The zero-order chi connectivity index (χ0) is 18.7. The molecule has 2 aromatic rings. The van der Waals surface area contributed by atoms with Crippen molar-refractivity contribution in [3.05, 3.63) is 58.9 Å². The van der Waals surface area contributed by atoms with E-state index in [0.717, 1.165) is 31.5 Å². The Morgan fingerprint density at radius 3 is 2.81 bits per heavy atom. The Hall–Kier alpha value is -2.73.